The number of aliphatic hydroxyl groups is 1. The second-order valence-corrected chi connectivity index (χ2v) is 7.72. The molecule has 22 heavy (non-hydrogen) atoms. The van der Waals surface area contributed by atoms with E-state index >= 15 is 0 Å². The molecule has 1 aliphatic rings. The van der Waals surface area contributed by atoms with Crippen LogP contribution in [0.25, 0.3) is 0 Å². The number of nitrogens with zero attached hydrogens (tertiary/aromatic N) is 1. The summed E-state index contributed by atoms with van der Waals surface area (Å²) in [5, 5.41) is 20.9. The van der Waals surface area contributed by atoms with Crippen LogP contribution in [0.3, 0.4) is 0 Å². The number of carbonyl (C=O) groups is 1. The van der Waals surface area contributed by atoms with E-state index in [1.807, 2.05) is 19.9 Å². The SMILES string of the molecule is Cc1cc(C)c(C)c(S(=O)(=O)N2C[C@H](O)C[C@H]2C(=O)[O-])c1C. The van der Waals surface area contributed by atoms with E-state index in [0.29, 0.717) is 11.1 Å². The lowest BCUT2D eigenvalue weighted by Crippen LogP contribution is -2.47. The highest BCUT2D eigenvalue weighted by Gasteiger charge is 2.41. The number of rotatable bonds is 3. The van der Waals surface area contributed by atoms with E-state index in [-0.39, 0.29) is 17.9 Å². The summed E-state index contributed by atoms with van der Waals surface area (Å²) < 4.78 is 26.8. The molecule has 0 amide bonds. The highest BCUT2D eigenvalue weighted by atomic mass is 32.2. The van der Waals surface area contributed by atoms with Gasteiger partial charge in [0.25, 0.3) is 0 Å². The number of hydrogen-bond acceptors (Lipinski definition) is 5. The van der Waals surface area contributed by atoms with E-state index in [4.69, 9.17) is 0 Å². The van der Waals surface area contributed by atoms with Crippen molar-refractivity contribution in [3.63, 3.8) is 0 Å². The van der Waals surface area contributed by atoms with Gasteiger partial charge in [-0.15, -0.1) is 0 Å². The first-order valence-corrected chi connectivity index (χ1v) is 8.49. The summed E-state index contributed by atoms with van der Waals surface area (Å²) in [4.78, 5) is 11.3. The maximum Gasteiger partial charge on any atom is 0.244 e. The van der Waals surface area contributed by atoms with Crippen molar-refractivity contribution in [2.45, 2.75) is 51.2 Å². The third-order valence-electron chi connectivity index (χ3n) is 4.37. The van der Waals surface area contributed by atoms with E-state index in [1.165, 1.54) is 0 Å². The second kappa shape index (κ2) is 5.64. The molecule has 2 rings (SSSR count). The first kappa shape index (κ1) is 16.9. The molecule has 1 heterocycles. The van der Waals surface area contributed by atoms with Gasteiger partial charge in [0.2, 0.25) is 10.0 Å². The van der Waals surface area contributed by atoms with Crippen molar-refractivity contribution in [3.05, 3.63) is 28.3 Å². The van der Waals surface area contributed by atoms with E-state index in [2.05, 4.69) is 0 Å². The maximum absolute atomic E-state index is 13.0. The van der Waals surface area contributed by atoms with Crippen molar-refractivity contribution < 1.29 is 23.4 Å². The Morgan fingerprint density at radius 2 is 1.73 bits per heavy atom. The average molecular weight is 326 g/mol. The monoisotopic (exact) mass is 326 g/mol. The van der Waals surface area contributed by atoms with E-state index < -0.39 is 28.1 Å². The number of carbonyl (C=O) groups excluding carboxylic acids is 1. The molecular formula is C15H20NO5S-. The third-order valence-corrected chi connectivity index (χ3v) is 6.52. The predicted octanol–water partition coefficient (Wildman–Crippen LogP) is -0.206. The summed E-state index contributed by atoms with van der Waals surface area (Å²) in [6.45, 7) is 6.81. The first-order chi connectivity index (χ1) is 10.1. The molecule has 0 aliphatic carbocycles. The van der Waals surface area contributed by atoms with Crippen LogP contribution in [-0.4, -0.2) is 42.5 Å². The van der Waals surface area contributed by atoms with Crippen LogP contribution in [-0.2, 0) is 14.8 Å². The summed E-state index contributed by atoms with van der Waals surface area (Å²) >= 11 is 0. The standard InChI is InChI=1S/C15H21NO5S/c1-8-5-9(2)11(4)14(10(8)3)22(20,21)16-7-12(17)6-13(16)15(18)19/h5,12-13,17H,6-7H2,1-4H3,(H,18,19)/p-1/t12-,13+/m1/s1. The molecule has 1 aromatic rings. The Morgan fingerprint density at radius 1 is 1.23 bits per heavy atom. The fraction of sp³-hybridized carbons (Fsp3) is 0.533. The number of aliphatic hydroxyl groups excluding tert-OH is 1. The zero-order valence-electron chi connectivity index (χ0n) is 13.1. The minimum atomic E-state index is -4.02. The number of benzene rings is 1. The molecule has 0 spiro atoms. The van der Waals surface area contributed by atoms with Crippen LogP contribution in [0, 0.1) is 27.7 Å². The van der Waals surface area contributed by atoms with Gasteiger partial charge >= 0.3 is 0 Å². The van der Waals surface area contributed by atoms with Crippen LogP contribution >= 0.6 is 0 Å². The predicted molar refractivity (Wildman–Crippen MR) is 78.7 cm³/mol. The molecule has 122 valence electrons. The van der Waals surface area contributed by atoms with Gasteiger partial charge in [-0.3, -0.25) is 0 Å². The van der Waals surface area contributed by atoms with Gasteiger partial charge in [0.05, 0.1) is 23.0 Å². The molecular weight excluding hydrogens is 306 g/mol. The maximum atomic E-state index is 13.0. The highest BCUT2D eigenvalue weighted by molar-refractivity contribution is 7.89. The topological polar surface area (TPSA) is 97.7 Å². The Labute approximate surface area is 130 Å². The number of carboxylic acid groups (broad SMARTS) is 1. The lowest BCUT2D eigenvalue weighted by Gasteiger charge is -2.27. The summed E-state index contributed by atoms with van der Waals surface area (Å²) in [6.07, 6.45) is -1.14. The molecule has 6 nitrogen and oxygen atoms in total. The smallest absolute Gasteiger partial charge is 0.244 e. The molecule has 0 saturated carbocycles. The van der Waals surface area contributed by atoms with Crippen LogP contribution in [0.1, 0.15) is 28.7 Å². The Morgan fingerprint density at radius 3 is 2.18 bits per heavy atom. The third kappa shape index (κ3) is 2.64. The van der Waals surface area contributed by atoms with Crippen molar-refractivity contribution in [1.82, 2.24) is 4.31 Å². The Kier molecular flexibility index (Phi) is 4.34. The highest BCUT2D eigenvalue weighted by Crippen LogP contribution is 2.32. The van der Waals surface area contributed by atoms with Crippen LogP contribution in [0.5, 0.6) is 0 Å². The number of aliphatic carboxylic acids is 1. The fourth-order valence-electron chi connectivity index (χ4n) is 2.95. The Bertz CT molecular complexity index is 700. The van der Waals surface area contributed by atoms with Crippen molar-refractivity contribution in [2.75, 3.05) is 6.54 Å². The second-order valence-electron chi connectivity index (χ2n) is 5.89. The molecule has 1 aromatic carbocycles. The van der Waals surface area contributed by atoms with Gasteiger partial charge in [-0.05, 0) is 56.4 Å². The van der Waals surface area contributed by atoms with Gasteiger partial charge in [0, 0.05) is 6.54 Å². The van der Waals surface area contributed by atoms with Crippen LogP contribution in [0.2, 0.25) is 0 Å². The molecule has 0 bridgehead atoms. The fourth-order valence-corrected chi connectivity index (χ4v) is 5.15. The molecule has 1 fully saturated rings. The first-order valence-electron chi connectivity index (χ1n) is 7.05. The molecule has 7 heteroatoms. The van der Waals surface area contributed by atoms with Gasteiger partial charge < -0.3 is 15.0 Å². The van der Waals surface area contributed by atoms with Crippen LogP contribution in [0.4, 0.5) is 0 Å². The zero-order chi connectivity index (χ0) is 16.8. The largest absolute Gasteiger partial charge is 0.548 e. The van der Waals surface area contributed by atoms with Gasteiger partial charge in [-0.1, -0.05) is 6.07 Å². The van der Waals surface area contributed by atoms with Crippen molar-refractivity contribution in [1.29, 1.82) is 0 Å². The van der Waals surface area contributed by atoms with E-state index in [9.17, 15) is 23.4 Å². The van der Waals surface area contributed by atoms with Gasteiger partial charge in [-0.25, -0.2) is 8.42 Å². The van der Waals surface area contributed by atoms with Crippen molar-refractivity contribution >= 4 is 16.0 Å². The number of carboxylic acids is 1. The average Bonchev–Trinajstić information content (AvgIpc) is 2.79. The number of sulfonamides is 1. The normalized spacial score (nSPS) is 23.0. The molecule has 1 aliphatic heterocycles. The molecule has 0 unspecified atom stereocenters. The zero-order valence-corrected chi connectivity index (χ0v) is 13.9. The Hall–Kier alpha value is -1.44. The molecule has 2 atom stereocenters. The molecule has 1 N–H and O–H groups in total. The molecule has 0 radical (unpaired) electrons. The van der Waals surface area contributed by atoms with E-state index in [1.54, 1.807) is 13.8 Å². The van der Waals surface area contributed by atoms with Gasteiger partial charge in [-0.2, -0.15) is 4.31 Å². The lowest BCUT2D eigenvalue weighted by atomic mass is 10.0. The summed E-state index contributed by atoms with van der Waals surface area (Å²) in [7, 11) is -4.02. The quantitative estimate of drug-likeness (QED) is 0.829. The van der Waals surface area contributed by atoms with Gasteiger partial charge in [0.15, 0.2) is 0 Å². The minimum Gasteiger partial charge on any atom is -0.548 e. The van der Waals surface area contributed by atoms with Gasteiger partial charge in [0.1, 0.15) is 0 Å². The van der Waals surface area contributed by atoms with Crippen LogP contribution in [0.15, 0.2) is 11.0 Å². The van der Waals surface area contributed by atoms with E-state index in [0.717, 1.165) is 15.4 Å². The number of hydrogen-bond donors (Lipinski definition) is 1. The Balaban J connectivity index is 2.63. The number of β-amino-alcohol motifs (C(OH)–C–C–N with tert-alkyl or cyclic N) is 1. The summed E-state index contributed by atoms with van der Waals surface area (Å²) in [5.74, 6) is -1.49. The summed E-state index contributed by atoms with van der Waals surface area (Å²) in [6, 6.07) is 0.568. The van der Waals surface area contributed by atoms with Crippen molar-refractivity contribution in [3.8, 4) is 0 Å². The lowest BCUT2D eigenvalue weighted by molar-refractivity contribution is -0.309. The molecule has 1 saturated heterocycles. The minimum absolute atomic E-state index is 0.130. The van der Waals surface area contributed by atoms with Crippen LogP contribution < -0.4 is 5.11 Å². The number of aryl methyl sites for hydroxylation is 2. The molecule has 0 aromatic heterocycles. The van der Waals surface area contributed by atoms with Crippen molar-refractivity contribution in [2.24, 2.45) is 0 Å². The summed E-state index contributed by atoms with van der Waals surface area (Å²) in [5.41, 5.74) is 2.85.